The number of anilines is 2. The molecule has 0 N–H and O–H groups in total. The summed E-state index contributed by atoms with van der Waals surface area (Å²) in [5, 5.41) is 0. The van der Waals surface area contributed by atoms with Gasteiger partial charge in [0.25, 0.3) is 0 Å². The number of halogens is 6. The number of methoxy groups -OCH3 is 2. The second kappa shape index (κ2) is 13.7. The molecular weight excluding hydrogens is 670 g/mol. The van der Waals surface area contributed by atoms with Gasteiger partial charge in [-0.15, -0.1) is 0 Å². The molecule has 4 aromatic rings. The van der Waals surface area contributed by atoms with Gasteiger partial charge in [-0.05, 0) is 70.8 Å². The average Bonchev–Trinajstić information content (AvgIpc) is 3.11. The lowest BCUT2D eigenvalue weighted by molar-refractivity contribution is -0.138. The van der Waals surface area contributed by atoms with E-state index in [1.165, 1.54) is 12.1 Å². The summed E-state index contributed by atoms with van der Waals surface area (Å²) < 4.78 is 105. The van der Waals surface area contributed by atoms with Crippen LogP contribution in [0.25, 0.3) is 22.3 Å². The van der Waals surface area contributed by atoms with Gasteiger partial charge in [0.2, 0.25) is 0 Å². The highest BCUT2D eigenvalue weighted by atomic mass is 19.4. The van der Waals surface area contributed by atoms with Gasteiger partial charge in [0.15, 0.2) is 11.5 Å². The van der Waals surface area contributed by atoms with E-state index in [9.17, 15) is 35.9 Å². The van der Waals surface area contributed by atoms with Gasteiger partial charge in [-0.3, -0.25) is 4.90 Å². The SMILES string of the molecule is COC(=O)c1ccc(-c2ccc3c(c2)Oc2cc(-c4ccc(C(=O)OC)c(C(F)(F)F)c4)ccc2N3CCN2CCOCC2)cc1C(F)(F)F. The van der Waals surface area contributed by atoms with Crippen LogP contribution in [0, 0.1) is 0 Å². The molecule has 2 aliphatic heterocycles. The number of carbonyl (C=O) groups excluding carboxylic acids is 2. The van der Waals surface area contributed by atoms with Crippen LogP contribution in [0.2, 0.25) is 0 Å². The van der Waals surface area contributed by atoms with E-state index in [4.69, 9.17) is 9.47 Å². The first-order valence-electron chi connectivity index (χ1n) is 15.4. The van der Waals surface area contributed by atoms with Crippen LogP contribution in [-0.4, -0.2) is 70.5 Å². The van der Waals surface area contributed by atoms with Gasteiger partial charge in [-0.1, -0.05) is 24.3 Å². The highest BCUT2D eigenvalue weighted by molar-refractivity contribution is 5.93. The van der Waals surface area contributed by atoms with E-state index in [-0.39, 0.29) is 11.1 Å². The van der Waals surface area contributed by atoms with Crippen LogP contribution in [0.1, 0.15) is 31.8 Å². The molecule has 0 aliphatic carbocycles. The number of hydrogen-bond donors (Lipinski definition) is 0. The number of benzene rings is 4. The van der Waals surface area contributed by atoms with E-state index in [0.29, 0.717) is 60.3 Å². The first-order valence-corrected chi connectivity index (χ1v) is 15.4. The Morgan fingerprint density at radius 1 is 0.640 bits per heavy atom. The van der Waals surface area contributed by atoms with E-state index in [1.54, 1.807) is 36.4 Å². The van der Waals surface area contributed by atoms with Crippen molar-refractivity contribution in [2.75, 3.05) is 58.5 Å². The molecule has 0 saturated carbocycles. The molecule has 2 aliphatic rings. The number of esters is 2. The average molecular weight is 701 g/mol. The van der Waals surface area contributed by atoms with E-state index < -0.39 is 46.5 Å². The third kappa shape index (κ3) is 6.98. The fourth-order valence-corrected chi connectivity index (χ4v) is 6.04. The topological polar surface area (TPSA) is 77.5 Å². The number of nitrogens with zero attached hydrogens (tertiary/aromatic N) is 2. The molecule has 0 spiro atoms. The first-order chi connectivity index (χ1) is 23.8. The van der Waals surface area contributed by atoms with Crippen molar-refractivity contribution in [2.45, 2.75) is 12.4 Å². The predicted octanol–water partition coefficient (Wildman–Crippen LogP) is 8.21. The van der Waals surface area contributed by atoms with E-state index in [1.807, 2.05) is 4.90 Å². The molecule has 262 valence electrons. The van der Waals surface area contributed by atoms with Gasteiger partial charge in [0.05, 0.1) is 61.1 Å². The van der Waals surface area contributed by atoms with Crippen molar-refractivity contribution in [2.24, 2.45) is 0 Å². The fourth-order valence-electron chi connectivity index (χ4n) is 6.04. The van der Waals surface area contributed by atoms with Crippen LogP contribution in [0.3, 0.4) is 0 Å². The lowest BCUT2D eigenvalue weighted by atomic mass is 9.97. The monoisotopic (exact) mass is 700 g/mol. The maximum atomic E-state index is 14.0. The van der Waals surface area contributed by atoms with Crippen molar-refractivity contribution < 1.29 is 54.9 Å². The Morgan fingerprint density at radius 2 is 1.06 bits per heavy atom. The highest BCUT2D eigenvalue weighted by Gasteiger charge is 2.37. The first kappa shape index (κ1) is 34.8. The third-order valence-electron chi connectivity index (χ3n) is 8.59. The molecule has 0 aromatic heterocycles. The molecule has 50 heavy (non-hydrogen) atoms. The molecule has 14 heteroatoms. The molecule has 1 fully saturated rings. The summed E-state index contributed by atoms with van der Waals surface area (Å²) in [7, 11) is 2.00. The smallest absolute Gasteiger partial charge is 0.417 e. The molecule has 0 bridgehead atoms. The van der Waals surface area contributed by atoms with Crippen molar-refractivity contribution in [3.63, 3.8) is 0 Å². The van der Waals surface area contributed by atoms with Crippen molar-refractivity contribution in [1.29, 1.82) is 0 Å². The van der Waals surface area contributed by atoms with Gasteiger partial charge in [-0.2, -0.15) is 26.3 Å². The number of ether oxygens (including phenoxy) is 4. The summed E-state index contributed by atoms with van der Waals surface area (Å²) >= 11 is 0. The summed E-state index contributed by atoms with van der Waals surface area (Å²) in [5.74, 6) is -1.64. The molecule has 2 heterocycles. The third-order valence-corrected chi connectivity index (χ3v) is 8.59. The Morgan fingerprint density at radius 3 is 1.48 bits per heavy atom. The van der Waals surface area contributed by atoms with Gasteiger partial charge in [-0.25, -0.2) is 9.59 Å². The Bertz CT molecular complexity index is 1810. The summed E-state index contributed by atoms with van der Waals surface area (Å²) in [6, 6.07) is 16.5. The van der Waals surface area contributed by atoms with Gasteiger partial charge in [0.1, 0.15) is 0 Å². The molecule has 4 aromatic carbocycles. The minimum atomic E-state index is -4.84. The Labute approximate surface area is 282 Å². The van der Waals surface area contributed by atoms with Crippen LogP contribution in [0.15, 0.2) is 72.8 Å². The lowest BCUT2D eigenvalue weighted by Crippen LogP contribution is -2.41. The van der Waals surface area contributed by atoms with Crippen molar-refractivity contribution >= 4 is 23.3 Å². The normalized spacial score (nSPS) is 14.8. The Balaban J connectivity index is 1.41. The van der Waals surface area contributed by atoms with Crippen LogP contribution in [0.4, 0.5) is 37.7 Å². The zero-order chi connectivity index (χ0) is 35.8. The van der Waals surface area contributed by atoms with Crippen molar-refractivity contribution in [1.82, 2.24) is 4.90 Å². The summed E-state index contributed by atoms with van der Waals surface area (Å²) in [4.78, 5) is 28.4. The largest absolute Gasteiger partial charge is 0.465 e. The number of alkyl halides is 6. The number of hydrogen-bond acceptors (Lipinski definition) is 8. The van der Waals surface area contributed by atoms with Crippen LogP contribution in [-0.2, 0) is 26.6 Å². The second-order valence-electron chi connectivity index (χ2n) is 11.6. The lowest BCUT2D eigenvalue weighted by Gasteiger charge is -2.35. The minimum Gasteiger partial charge on any atom is -0.465 e. The maximum absolute atomic E-state index is 14.0. The summed E-state index contributed by atoms with van der Waals surface area (Å²) in [6.45, 7) is 3.76. The van der Waals surface area contributed by atoms with Crippen LogP contribution < -0.4 is 9.64 Å². The zero-order valence-corrected chi connectivity index (χ0v) is 26.8. The molecule has 0 amide bonds. The van der Waals surface area contributed by atoms with E-state index in [0.717, 1.165) is 51.6 Å². The molecular formula is C36H30F6N2O6. The maximum Gasteiger partial charge on any atom is 0.417 e. The molecule has 0 unspecified atom stereocenters. The number of carbonyl (C=O) groups is 2. The molecule has 6 rings (SSSR count). The van der Waals surface area contributed by atoms with E-state index in [2.05, 4.69) is 14.4 Å². The molecule has 0 radical (unpaired) electrons. The fraction of sp³-hybridized carbons (Fsp3) is 0.278. The van der Waals surface area contributed by atoms with Crippen LogP contribution in [0.5, 0.6) is 11.5 Å². The van der Waals surface area contributed by atoms with Crippen molar-refractivity contribution in [3.05, 3.63) is 95.1 Å². The highest BCUT2D eigenvalue weighted by Crippen LogP contribution is 2.49. The summed E-state index contributed by atoms with van der Waals surface area (Å²) in [5.41, 5.74) is -1.22. The quantitative estimate of drug-likeness (QED) is 0.141. The second-order valence-corrected chi connectivity index (χ2v) is 11.6. The zero-order valence-electron chi connectivity index (χ0n) is 26.8. The van der Waals surface area contributed by atoms with Gasteiger partial charge >= 0.3 is 24.3 Å². The van der Waals surface area contributed by atoms with E-state index >= 15 is 0 Å². The Kier molecular flexibility index (Phi) is 9.51. The number of rotatable bonds is 7. The minimum absolute atomic E-state index is 0.168. The number of fused-ring (bicyclic) bond motifs is 2. The molecule has 8 nitrogen and oxygen atoms in total. The van der Waals surface area contributed by atoms with Gasteiger partial charge in [0, 0.05) is 26.2 Å². The standard InChI is InChI=1S/C36H30F6N2O6/c1-47-33(45)25-7-3-21(17-27(25)35(37,38)39)23-5-9-29-31(19-23)50-32-20-24(6-10-30(32)44(29)12-11-43-13-15-49-16-14-43)22-4-8-26(34(46)48-2)28(18-22)36(40,41)42/h3-10,17-20H,11-16H2,1-2H3. The number of morpholine rings is 1. The van der Waals surface area contributed by atoms with Gasteiger partial charge < -0.3 is 23.8 Å². The predicted molar refractivity (Wildman–Crippen MR) is 171 cm³/mol. The van der Waals surface area contributed by atoms with Crippen molar-refractivity contribution in [3.8, 4) is 33.8 Å². The van der Waals surface area contributed by atoms with Crippen LogP contribution >= 0.6 is 0 Å². The molecule has 0 atom stereocenters. The molecule has 1 saturated heterocycles. The Hall–Kier alpha value is -5.08. The summed E-state index contributed by atoms with van der Waals surface area (Å²) in [6.07, 6.45) is -9.67.